The number of H-pyrrole nitrogens is 1. The average molecular weight is 264 g/mol. The highest BCUT2D eigenvalue weighted by Crippen LogP contribution is 2.28. The van der Waals surface area contributed by atoms with Gasteiger partial charge in [-0.2, -0.15) is 0 Å². The highest BCUT2D eigenvalue weighted by atomic mass is 32.1. The summed E-state index contributed by atoms with van der Waals surface area (Å²) in [7, 11) is 0. The number of carbonyl (C=O) groups excluding carboxylic acids is 1. The number of carbonyl (C=O) groups is 1. The minimum Gasteiger partial charge on any atom is -0.350 e. The number of aromatic nitrogens is 1. The van der Waals surface area contributed by atoms with Crippen molar-refractivity contribution in [2.45, 2.75) is 33.7 Å². The first-order valence-corrected chi connectivity index (χ1v) is 6.74. The molecule has 1 amide bonds. The first kappa shape index (κ1) is 12.8. The predicted octanol–water partition coefficient (Wildman–Crippen LogP) is 2.05. The van der Waals surface area contributed by atoms with Crippen molar-refractivity contribution >= 4 is 33.3 Å². The van der Waals surface area contributed by atoms with Crippen molar-refractivity contribution in [3.63, 3.8) is 0 Å². The van der Waals surface area contributed by atoms with Gasteiger partial charge in [-0.15, -0.1) is 0 Å². The highest BCUT2D eigenvalue weighted by Gasteiger charge is 2.19. The monoisotopic (exact) mass is 264 g/mol. The van der Waals surface area contributed by atoms with Crippen molar-refractivity contribution < 1.29 is 9.78 Å². The summed E-state index contributed by atoms with van der Waals surface area (Å²) in [5.41, 5.74) is 7.62. The summed E-state index contributed by atoms with van der Waals surface area (Å²) in [5, 5.41) is 3.93. The maximum Gasteiger partial charge on any atom is 0.284 e. The summed E-state index contributed by atoms with van der Waals surface area (Å²) in [4.78, 5) is 17.4. The predicted molar refractivity (Wildman–Crippen MR) is 74.9 cm³/mol. The summed E-state index contributed by atoms with van der Waals surface area (Å²) in [6.07, 6.45) is 0. The molecule has 0 radical (unpaired) electrons. The lowest BCUT2D eigenvalue weighted by atomic mass is 10.1. The molecule has 96 valence electrons. The van der Waals surface area contributed by atoms with E-state index in [1.54, 1.807) is 11.3 Å². The van der Waals surface area contributed by atoms with E-state index in [4.69, 9.17) is 5.73 Å². The van der Waals surface area contributed by atoms with Gasteiger partial charge in [0.2, 0.25) is 0 Å². The van der Waals surface area contributed by atoms with Crippen molar-refractivity contribution in [1.29, 1.82) is 0 Å². The maximum atomic E-state index is 12.0. The van der Waals surface area contributed by atoms with E-state index in [1.165, 1.54) is 10.4 Å². The second-order valence-electron chi connectivity index (χ2n) is 4.75. The summed E-state index contributed by atoms with van der Waals surface area (Å²) >= 11 is 1.66. The molecule has 5 heteroatoms. The van der Waals surface area contributed by atoms with Gasteiger partial charge in [0.15, 0.2) is 4.83 Å². The van der Waals surface area contributed by atoms with Gasteiger partial charge in [0, 0.05) is 16.3 Å². The fraction of sp³-hybridized carbons (Fsp3) is 0.385. The zero-order chi connectivity index (χ0) is 13.4. The first-order valence-electron chi connectivity index (χ1n) is 5.92. The van der Waals surface area contributed by atoms with Crippen molar-refractivity contribution in [2.75, 3.05) is 5.73 Å². The Morgan fingerprint density at radius 2 is 2.11 bits per heavy atom. The Morgan fingerprint density at radius 3 is 2.72 bits per heavy atom. The van der Waals surface area contributed by atoms with E-state index in [-0.39, 0.29) is 11.9 Å². The van der Waals surface area contributed by atoms with Crippen LogP contribution in [-0.2, 0) is 0 Å². The van der Waals surface area contributed by atoms with E-state index >= 15 is 0 Å². The molecule has 0 saturated heterocycles. The second-order valence-corrected chi connectivity index (χ2v) is 5.98. The standard InChI is InChI=1S/C13H17N3OS/c1-6(2)15-12(17)10-5-9-7(3)8(4)18-13(9)16-11(10)14/h5-6H,1-4H3,(H2,14,16)(H,15,17)/p+1. The van der Waals surface area contributed by atoms with Gasteiger partial charge in [-0.05, 0) is 39.3 Å². The molecule has 2 aromatic heterocycles. The summed E-state index contributed by atoms with van der Waals surface area (Å²) in [5.74, 6) is 0.283. The van der Waals surface area contributed by atoms with Crippen LogP contribution in [0.15, 0.2) is 6.07 Å². The van der Waals surface area contributed by atoms with Crippen LogP contribution < -0.4 is 16.0 Å². The normalized spacial score (nSPS) is 11.2. The van der Waals surface area contributed by atoms with E-state index < -0.39 is 0 Å². The second kappa shape index (κ2) is 4.57. The molecule has 2 aromatic rings. The third-order valence-electron chi connectivity index (χ3n) is 2.92. The van der Waals surface area contributed by atoms with Gasteiger partial charge >= 0.3 is 0 Å². The molecular weight excluding hydrogens is 246 g/mol. The molecule has 0 aromatic carbocycles. The molecule has 4 N–H and O–H groups in total. The zero-order valence-electron chi connectivity index (χ0n) is 11.0. The molecule has 0 fully saturated rings. The first-order chi connectivity index (χ1) is 8.40. The van der Waals surface area contributed by atoms with E-state index in [1.807, 2.05) is 19.9 Å². The van der Waals surface area contributed by atoms with Crippen LogP contribution in [0.3, 0.4) is 0 Å². The Balaban J connectivity index is 2.54. The molecule has 2 rings (SSSR count). The van der Waals surface area contributed by atoms with Gasteiger partial charge < -0.3 is 5.32 Å². The lowest BCUT2D eigenvalue weighted by Crippen LogP contribution is -2.32. The van der Waals surface area contributed by atoms with Crippen LogP contribution in [0, 0.1) is 13.8 Å². The van der Waals surface area contributed by atoms with Gasteiger partial charge in [-0.1, -0.05) is 11.3 Å². The van der Waals surface area contributed by atoms with Crippen molar-refractivity contribution in [3.8, 4) is 0 Å². The van der Waals surface area contributed by atoms with Crippen LogP contribution >= 0.6 is 11.3 Å². The molecule has 18 heavy (non-hydrogen) atoms. The molecular formula is C13H18N3OS+. The van der Waals surface area contributed by atoms with E-state index in [0.29, 0.717) is 11.4 Å². The highest BCUT2D eigenvalue weighted by molar-refractivity contribution is 7.18. The molecule has 0 unspecified atom stereocenters. The number of aryl methyl sites for hydroxylation is 2. The Morgan fingerprint density at radius 1 is 1.44 bits per heavy atom. The van der Waals surface area contributed by atoms with E-state index in [9.17, 15) is 4.79 Å². The fourth-order valence-corrected chi connectivity index (χ4v) is 2.90. The summed E-state index contributed by atoms with van der Waals surface area (Å²) in [6, 6.07) is 1.97. The largest absolute Gasteiger partial charge is 0.350 e. The van der Waals surface area contributed by atoms with Gasteiger partial charge in [0.05, 0.1) is 0 Å². The van der Waals surface area contributed by atoms with Gasteiger partial charge in [0.1, 0.15) is 5.56 Å². The van der Waals surface area contributed by atoms with Crippen molar-refractivity contribution in [1.82, 2.24) is 5.32 Å². The summed E-state index contributed by atoms with van der Waals surface area (Å²) < 4.78 is 0. The van der Waals surface area contributed by atoms with Crippen LogP contribution in [0.1, 0.15) is 34.6 Å². The molecule has 0 bridgehead atoms. The fourth-order valence-electron chi connectivity index (χ4n) is 1.85. The van der Waals surface area contributed by atoms with Crippen LogP contribution in [0.4, 0.5) is 5.82 Å². The van der Waals surface area contributed by atoms with E-state index in [2.05, 4.69) is 24.1 Å². The topological polar surface area (TPSA) is 69.3 Å². The minimum atomic E-state index is -0.135. The zero-order valence-corrected chi connectivity index (χ0v) is 11.9. The number of nitrogens with one attached hydrogen (secondary N) is 2. The van der Waals surface area contributed by atoms with Gasteiger partial charge in [-0.25, -0.2) is 4.98 Å². The number of fused-ring (bicyclic) bond motifs is 1. The molecule has 0 spiro atoms. The Kier molecular flexibility index (Phi) is 3.26. The SMILES string of the molecule is Cc1sc2[nH+]c(N)c(C(=O)NC(C)C)cc2c1C. The average Bonchev–Trinajstić information content (AvgIpc) is 2.52. The Bertz CT molecular complexity index is 616. The van der Waals surface area contributed by atoms with Crippen molar-refractivity contribution in [3.05, 3.63) is 22.1 Å². The maximum absolute atomic E-state index is 12.0. The van der Waals surface area contributed by atoms with Gasteiger partial charge in [-0.3, -0.25) is 10.5 Å². The van der Waals surface area contributed by atoms with Crippen LogP contribution in [0.25, 0.3) is 10.2 Å². The molecule has 0 atom stereocenters. The number of nitrogen functional groups attached to an aromatic ring is 1. The number of hydrogen-bond acceptors (Lipinski definition) is 3. The van der Waals surface area contributed by atoms with Crippen LogP contribution in [-0.4, -0.2) is 11.9 Å². The third kappa shape index (κ3) is 2.18. The molecule has 0 aliphatic heterocycles. The Labute approximate surface area is 110 Å². The number of aromatic amines is 1. The van der Waals surface area contributed by atoms with E-state index in [0.717, 1.165) is 10.2 Å². The van der Waals surface area contributed by atoms with Crippen LogP contribution in [0.5, 0.6) is 0 Å². The number of amides is 1. The Hall–Kier alpha value is -1.62. The molecule has 2 heterocycles. The number of hydrogen-bond donors (Lipinski definition) is 2. The lowest BCUT2D eigenvalue weighted by molar-refractivity contribution is -0.323. The lowest BCUT2D eigenvalue weighted by Gasteiger charge is -2.08. The quantitative estimate of drug-likeness (QED) is 0.871. The minimum absolute atomic E-state index is 0.0953. The molecule has 0 aliphatic rings. The smallest absolute Gasteiger partial charge is 0.284 e. The number of nitrogens with two attached hydrogens (primary N) is 1. The molecule has 0 aliphatic carbocycles. The number of anilines is 1. The molecule has 4 nitrogen and oxygen atoms in total. The number of pyridine rings is 1. The number of thiophene rings is 1. The van der Waals surface area contributed by atoms with Crippen molar-refractivity contribution in [2.24, 2.45) is 0 Å². The third-order valence-corrected chi connectivity index (χ3v) is 4.06. The van der Waals surface area contributed by atoms with Gasteiger partial charge in [0.25, 0.3) is 11.7 Å². The summed E-state index contributed by atoms with van der Waals surface area (Å²) in [6.45, 7) is 7.98. The molecule has 0 saturated carbocycles. The number of rotatable bonds is 2. The van der Waals surface area contributed by atoms with Crippen LogP contribution in [0.2, 0.25) is 0 Å².